The van der Waals surface area contributed by atoms with Crippen molar-refractivity contribution in [1.82, 2.24) is 10.2 Å². The van der Waals surface area contributed by atoms with Crippen LogP contribution in [0.4, 0.5) is 4.79 Å². The van der Waals surface area contributed by atoms with E-state index in [1.165, 1.54) is 4.90 Å². The van der Waals surface area contributed by atoms with Crippen LogP contribution in [-0.4, -0.2) is 16.8 Å². The molecule has 3 amide bonds. The Morgan fingerprint density at radius 2 is 1.73 bits per heavy atom. The Morgan fingerprint density at radius 3 is 2.50 bits per heavy atom. The molecule has 0 bridgehead atoms. The molecule has 26 heavy (non-hydrogen) atoms. The van der Waals surface area contributed by atoms with Gasteiger partial charge >= 0.3 is 6.03 Å². The van der Waals surface area contributed by atoms with E-state index in [9.17, 15) is 9.59 Å². The SMILES string of the molecule is CC1(c2ccc3ccccc3c2)NC(=O)N(Cc2cccc(Cl)c2)C1=O. The molecule has 1 saturated heterocycles. The Hall–Kier alpha value is -2.85. The lowest BCUT2D eigenvalue weighted by molar-refractivity contribution is -0.131. The molecular formula is C21H17ClN2O2. The third-order valence-electron chi connectivity index (χ3n) is 4.83. The minimum atomic E-state index is -1.08. The summed E-state index contributed by atoms with van der Waals surface area (Å²) in [6.07, 6.45) is 0. The topological polar surface area (TPSA) is 49.4 Å². The number of benzene rings is 3. The largest absolute Gasteiger partial charge is 0.325 e. The predicted molar refractivity (Wildman–Crippen MR) is 102 cm³/mol. The molecule has 1 aliphatic rings. The van der Waals surface area contributed by atoms with Gasteiger partial charge in [-0.1, -0.05) is 60.1 Å². The fourth-order valence-electron chi connectivity index (χ4n) is 3.35. The zero-order valence-electron chi connectivity index (χ0n) is 14.2. The van der Waals surface area contributed by atoms with Crippen molar-refractivity contribution in [1.29, 1.82) is 0 Å². The normalized spacial score (nSPS) is 19.8. The Balaban J connectivity index is 1.68. The number of carbonyl (C=O) groups is 2. The molecular weight excluding hydrogens is 348 g/mol. The quantitative estimate of drug-likeness (QED) is 0.697. The van der Waals surface area contributed by atoms with E-state index < -0.39 is 11.6 Å². The van der Waals surface area contributed by atoms with Gasteiger partial charge in [-0.25, -0.2) is 4.79 Å². The van der Waals surface area contributed by atoms with Gasteiger partial charge in [-0.05, 0) is 47.0 Å². The third-order valence-corrected chi connectivity index (χ3v) is 5.07. The van der Waals surface area contributed by atoms with E-state index in [2.05, 4.69) is 5.32 Å². The van der Waals surface area contributed by atoms with Gasteiger partial charge in [0.05, 0.1) is 6.54 Å². The molecule has 4 nitrogen and oxygen atoms in total. The number of amides is 3. The second kappa shape index (κ2) is 6.15. The lowest BCUT2D eigenvalue weighted by Crippen LogP contribution is -2.40. The Kier molecular flexibility index (Phi) is 3.93. The van der Waals surface area contributed by atoms with Crippen LogP contribution in [0.15, 0.2) is 66.7 Å². The number of nitrogens with zero attached hydrogens (tertiary/aromatic N) is 1. The van der Waals surface area contributed by atoms with Crippen molar-refractivity contribution in [2.45, 2.75) is 19.0 Å². The molecule has 0 aromatic heterocycles. The molecule has 1 atom stereocenters. The van der Waals surface area contributed by atoms with Crippen LogP contribution in [0.5, 0.6) is 0 Å². The van der Waals surface area contributed by atoms with Crippen LogP contribution < -0.4 is 5.32 Å². The molecule has 3 aromatic carbocycles. The van der Waals surface area contributed by atoms with Crippen LogP contribution in [0.1, 0.15) is 18.1 Å². The van der Waals surface area contributed by atoms with Crippen molar-refractivity contribution in [2.75, 3.05) is 0 Å². The van der Waals surface area contributed by atoms with Gasteiger partial charge < -0.3 is 5.32 Å². The average molecular weight is 365 g/mol. The van der Waals surface area contributed by atoms with Crippen molar-refractivity contribution in [3.63, 3.8) is 0 Å². The highest BCUT2D eigenvalue weighted by Crippen LogP contribution is 2.32. The molecule has 1 fully saturated rings. The molecule has 5 heteroatoms. The minimum Gasteiger partial charge on any atom is -0.319 e. The number of nitrogens with one attached hydrogen (secondary N) is 1. The summed E-state index contributed by atoms with van der Waals surface area (Å²) in [5, 5.41) is 5.55. The summed E-state index contributed by atoms with van der Waals surface area (Å²) in [5.74, 6) is -0.266. The van der Waals surface area contributed by atoms with E-state index in [4.69, 9.17) is 11.6 Å². The van der Waals surface area contributed by atoms with Crippen molar-refractivity contribution in [3.05, 3.63) is 82.9 Å². The first-order valence-corrected chi connectivity index (χ1v) is 8.73. The van der Waals surface area contributed by atoms with Gasteiger partial charge in [0.2, 0.25) is 0 Å². The summed E-state index contributed by atoms with van der Waals surface area (Å²) >= 11 is 6.01. The van der Waals surface area contributed by atoms with Crippen LogP contribution in [0.2, 0.25) is 5.02 Å². The lowest BCUT2D eigenvalue weighted by atomic mass is 9.90. The van der Waals surface area contributed by atoms with Crippen molar-refractivity contribution in [2.24, 2.45) is 0 Å². The number of imide groups is 1. The fourth-order valence-corrected chi connectivity index (χ4v) is 3.57. The fraction of sp³-hybridized carbons (Fsp3) is 0.143. The monoisotopic (exact) mass is 364 g/mol. The first kappa shape index (κ1) is 16.6. The van der Waals surface area contributed by atoms with Gasteiger partial charge in [0.1, 0.15) is 5.54 Å². The maximum Gasteiger partial charge on any atom is 0.325 e. The number of rotatable bonds is 3. The summed E-state index contributed by atoms with van der Waals surface area (Å²) in [7, 11) is 0. The second-order valence-corrected chi connectivity index (χ2v) is 7.07. The van der Waals surface area contributed by atoms with E-state index >= 15 is 0 Å². The molecule has 0 saturated carbocycles. The van der Waals surface area contributed by atoms with Gasteiger partial charge in [0, 0.05) is 5.02 Å². The number of hydrogen-bond acceptors (Lipinski definition) is 2. The number of fused-ring (bicyclic) bond motifs is 1. The average Bonchev–Trinajstić information content (AvgIpc) is 2.85. The predicted octanol–water partition coefficient (Wildman–Crippen LogP) is 4.46. The highest BCUT2D eigenvalue weighted by atomic mass is 35.5. The molecule has 0 spiro atoms. The summed E-state index contributed by atoms with van der Waals surface area (Å²) in [6.45, 7) is 1.93. The first-order chi connectivity index (χ1) is 12.5. The molecule has 1 aliphatic heterocycles. The van der Waals surface area contributed by atoms with E-state index in [1.54, 1.807) is 25.1 Å². The van der Waals surface area contributed by atoms with Gasteiger partial charge in [0.15, 0.2) is 0 Å². The van der Waals surface area contributed by atoms with Gasteiger partial charge in [-0.15, -0.1) is 0 Å². The lowest BCUT2D eigenvalue weighted by Gasteiger charge is -2.23. The smallest absolute Gasteiger partial charge is 0.319 e. The van der Waals surface area contributed by atoms with Crippen molar-refractivity contribution >= 4 is 34.3 Å². The number of urea groups is 1. The molecule has 1 heterocycles. The van der Waals surface area contributed by atoms with E-state index in [1.807, 2.05) is 48.5 Å². The van der Waals surface area contributed by atoms with E-state index in [0.717, 1.165) is 21.9 Å². The third kappa shape index (κ3) is 2.72. The second-order valence-electron chi connectivity index (χ2n) is 6.64. The molecule has 0 radical (unpaired) electrons. The molecule has 1 unspecified atom stereocenters. The summed E-state index contributed by atoms with van der Waals surface area (Å²) < 4.78 is 0. The van der Waals surface area contributed by atoms with Crippen LogP contribution in [0, 0.1) is 0 Å². The molecule has 130 valence electrons. The highest BCUT2D eigenvalue weighted by molar-refractivity contribution is 6.30. The van der Waals surface area contributed by atoms with Crippen LogP contribution in [-0.2, 0) is 16.9 Å². The summed E-state index contributed by atoms with van der Waals surface area (Å²) in [4.78, 5) is 26.8. The summed E-state index contributed by atoms with van der Waals surface area (Å²) in [5.41, 5.74) is 0.492. The maximum atomic E-state index is 13.1. The van der Waals surface area contributed by atoms with Crippen LogP contribution >= 0.6 is 11.6 Å². The van der Waals surface area contributed by atoms with Crippen LogP contribution in [0.25, 0.3) is 10.8 Å². The summed E-state index contributed by atoms with van der Waals surface area (Å²) in [6, 6.07) is 20.5. The van der Waals surface area contributed by atoms with E-state index in [-0.39, 0.29) is 12.5 Å². The first-order valence-electron chi connectivity index (χ1n) is 8.35. The number of halogens is 1. The van der Waals surface area contributed by atoms with E-state index in [0.29, 0.717) is 5.02 Å². The number of hydrogen-bond donors (Lipinski definition) is 1. The van der Waals surface area contributed by atoms with Gasteiger partial charge in [-0.3, -0.25) is 9.69 Å². The molecule has 4 rings (SSSR count). The highest BCUT2D eigenvalue weighted by Gasteiger charge is 2.48. The number of carbonyl (C=O) groups excluding carboxylic acids is 2. The maximum absolute atomic E-state index is 13.1. The Labute approximate surface area is 156 Å². The zero-order chi connectivity index (χ0) is 18.3. The standard InChI is InChI=1S/C21H17ClN2O2/c1-21(17-10-9-15-6-2-3-7-16(15)12-17)19(25)24(20(26)23-21)13-14-5-4-8-18(22)11-14/h2-12H,13H2,1H3,(H,23,26). The Bertz CT molecular complexity index is 1030. The van der Waals surface area contributed by atoms with Crippen LogP contribution in [0.3, 0.4) is 0 Å². The molecule has 3 aromatic rings. The Morgan fingerprint density at radius 1 is 0.962 bits per heavy atom. The van der Waals surface area contributed by atoms with Crippen molar-refractivity contribution in [3.8, 4) is 0 Å². The zero-order valence-corrected chi connectivity index (χ0v) is 15.0. The molecule has 1 N–H and O–H groups in total. The minimum absolute atomic E-state index is 0.189. The van der Waals surface area contributed by atoms with Gasteiger partial charge in [0.25, 0.3) is 5.91 Å². The van der Waals surface area contributed by atoms with Crippen molar-refractivity contribution < 1.29 is 9.59 Å². The molecule has 0 aliphatic carbocycles. The van der Waals surface area contributed by atoms with Gasteiger partial charge in [-0.2, -0.15) is 0 Å².